The van der Waals surface area contributed by atoms with Crippen molar-refractivity contribution in [1.82, 2.24) is 5.32 Å². The predicted octanol–water partition coefficient (Wildman–Crippen LogP) is 0.421. The third kappa shape index (κ3) is 9.34. The highest BCUT2D eigenvalue weighted by Gasteiger charge is 2.02. The Morgan fingerprint density at radius 2 is 2.21 bits per heavy atom. The molecule has 0 saturated carbocycles. The number of rotatable bonds is 8. The first-order chi connectivity index (χ1) is 6.66. The normalized spacial score (nSPS) is 10.6. The van der Waals surface area contributed by atoms with Crippen LogP contribution in [0.25, 0.3) is 0 Å². The number of halogens is 2. The summed E-state index contributed by atoms with van der Waals surface area (Å²) in [5.74, 6) is -0.443. The smallest absolute Gasteiger partial charge is 0.332 e. The summed E-state index contributed by atoms with van der Waals surface area (Å²) >= 11 is 0. The summed E-state index contributed by atoms with van der Waals surface area (Å²) in [6.45, 7) is 2.02. The molecule has 84 valence electrons. The molecule has 4 nitrogen and oxygen atoms in total. The van der Waals surface area contributed by atoms with Crippen LogP contribution >= 0.6 is 0 Å². The van der Waals surface area contributed by atoms with Gasteiger partial charge in [0, 0.05) is 6.54 Å². The van der Waals surface area contributed by atoms with Crippen LogP contribution in [0, 0.1) is 0 Å². The van der Waals surface area contributed by atoms with Crippen LogP contribution in [0.1, 0.15) is 6.92 Å². The van der Waals surface area contributed by atoms with Gasteiger partial charge in [-0.1, -0.05) is 0 Å². The van der Waals surface area contributed by atoms with Gasteiger partial charge in [-0.2, -0.15) is 0 Å². The first-order valence-corrected chi connectivity index (χ1v) is 4.39. The molecule has 0 fully saturated rings. The first-order valence-electron chi connectivity index (χ1n) is 4.39. The minimum atomic E-state index is -2.36. The molecule has 0 saturated heterocycles. The van der Waals surface area contributed by atoms with Crippen LogP contribution in [0.15, 0.2) is 0 Å². The minimum absolute atomic E-state index is 0.135. The molecule has 0 aromatic rings. The van der Waals surface area contributed by atoms with Gasteiger partial charge in [0.25, 0.3) is 6.43 Å². The minimum Gasteiger partial charge on any atom is -0.464 e. The highest BCUT2D eigenvalue weighted by atomic mass is 19.3. The number of hydrogen-bond donors (Lipinski definition) is 1. The van der Waals surface area contributed by atoms with E-state index in [0.29, 0.717) is 13.2 Å². The molecule has 0 aliphatic heterocycles. The van der Waals surface area contributed by atoms with Gasteiger partial charge < -0.3 is 14.8 Å². The van der Waals surface area contributed by atoms with Gasteiger partial charge in [-0.25, -0.2) is 13.6 Å². The van der Waals surface area contributed by atoms with Crippen molar-refractivity contribution in [2.24, 2.45) is 0 Å². The Balaban J connectivity index is 3.09. The second-order valence-electron chi connectivity index (χ2n) is 2.45. The van der Waals surface area contributed by atoms with Crippen LogP contribution in [0.4, 0.5) is 8.78 Å². The van der Waals surface area contributed by atoms with Crippen LogP contribution in [0.3, 0.4) is 0 Å². The molecule has 0 amide bonds. The van der Waals surface area contributed by atoms with Gasteiger partial charge in [-0.05, 0) is 6.92 Å². The second-order valence-corrected chi connectivity index (χ2v) is 2.45. The summed E-state index contributed by atoms with van der Waals surface area (Å²) in [6, 6.07) is 0. The lowest BCUT2D eigenvalue weighted by molar-refractivity contribution is -0.148. The molecule has 1 N–H and O–H groups in total. The highest BCUT2D eigenvalue weighted by Crippen LogP contribution is 1.87. The summed E-state index contributed by atoms with van der Waals surface area (Å²) in [7, 11) is 0. The number of ether oxygens (including phenoxy) is 2. The summed E-state index contributed by atoms with van der Waals surface area (Å²) < 4.78 is 32.6. The van der Waals surface area contributed by atoms with Gasteiger partial charge in [-0.3, -0.25) is 0 Å². The van der Waals surface area contributed by atoms with E-state index in [1.807, 2.05) is 0 Å². The van der Waals surface area contributed by atoms with Crippen LogP contribution in [-0.2, 0) is 14.3 Å². The SMILES string of the molecule is CCOC(=O)COCCNCC(F)F. The van der Waals surface area contributed by atoms with E-state index < -0.39 is 12.4 Å². The van der Waals surface area contributed by atoms with Gasteiger partial charge in [0.1, 0.15) is 6.61 Å². The summed E-state index contributed by atoms with van der Waals surface area (Å²) in [5.41, 5.74) is 0. The fourth-order valence-electron chi connectivity index (χ4n) is 0.714. The Kier molecular flexibility index (Phi) is 8.36. The average Bonchev–Trinajstić information content (AvgIpc) is 2.11. The third-order valence-electron chi connectivity index (χ3n) is 1.25. The van der Waals surface area contributed by atoms with Crippen molar-refractivity contribution in [3.8, 4) is 0 Å². The van der Waals surface area contributed by atoms with Crippen LogP contribution < -0.4 is 5.32 Å². The van der Waals surface area contributed by atoms with Gasteiger partial charge in [0.2, 0.25) is 0 Å². The molecule has 14 heavy (non-hydrogen) atoms. The zero-order chi connectivity index (χ0) is 10.8. The zero-order valence-corrected chi connectivity index (χ0v) is 8.09. The maximum absolute atomic E-state index is 11.6. The molecule has 0 unspecified atom stereocenters. The van der Waals surface area contributed by atoms with E-state index in [1.165, 1.54) is 0 Å². The molecule has 0 spiro atoms. The number of carbonyl (C=O) groups excluding carboxylic acids is 1. The maximum atomic E-state index is 11.6. The summed E-state index contributed by atoms with van der Waals surface area (Å²) in [6.07, 6.45) is -2.36. The predicted molar refractivity (Wildman–Crippen MR) is 46.3 cm³/mol. The van der Waals surface area contributed by atoms with Crippen LogP contribution in [0.2, 0.25) is 0 Å². The van der Waals surface area contributed by atoms with Gasteiger partial charge in [0.05, 0.1) is 19.8 Å². The second kappa shape index (κ2) is 8.83. The lowest BCUT2D eigenvalue weighted by Crippen LogP contribution is -2.26. The molecule has 0 atom stereocenters. The van der Waals surface area contributed by atoms with E-state index in [4.69, 9.17) is 4.74 Å². The number of carbonyl (C=O) groups is 1. The number of esters is 1. The average molecular weight is 211 g/mol. The molecule has 0 aliphatic rings. The Hall–Kier alpha value is -0.750. The van der Waals surface area contributed by atoms with Crippen molar-refractivity contribution in [2.45, 2.75) is 13.3 Å². The van der Waals surface area contributed by atoms with E-state index >= 15 is 0 Å². The Bertz CT molecular complexity index is 156. The van der Waals surface area contributed by atoms with E-state index in [9.17, 15) is 13.6 Å². The third-order valence-corrected chi connectivity index (χ3v) is 1.25. The van der Waals surface area contributed by atoms with Crippen molar-refractivity contribution in [3.05, 3.63) is 0 Å². The highest BCUT2D eigenvalue weighted by molar-refractivity contribution is 5.70. The van der Waals surface area contributed by atoms with Crippen LogP contribution in [0.5, 0.6) is 0 Å². The molecule has 0 aromatic carbocycles. The Morgan fingerprint density at radius 3 is 2.79 bits per heavy atom. The molecule has 6 heteroatoms. The van der Waals surface area contributed by atoms with Gasteiger partial charge >= 0.3 is 5.97 Å². The molecule has 0 aromatic heterocycles. The largest absolute Gasteiger partial charge is 0.464 e. The van der Waals surface area contributed by atoms with E-state index in [0.717, 1.165) is 0 Å². The fraction of sp³-hybridized carbons (Fsp3) is 0.875. The monoisotopic (exact) mass is 211 g/mol. The Morgan fingerprint density at radius 1 is 1.50 bits per heavy atom. The van der Waals surface area contributed by atoms with Crippen molar-refractivity contribution in [3.63, 3.8) is 0 Å². The lowest BCUT2D eigenvalue weighted by atomic mass is 10.6. The quantitative estimate of drug-likeness (QED) is 0.467. The standard InChI is InChI=1S/C8H15F2NO3/c1-2-14-8(12)6-13-4-3-11-5-7(9)10/h7,11H,2-6H2,1H3. The molecule has 0 radical (unpaired) electrons. The first kappa shape index (κ1) is 13.2. The topological polar surface area (TPSA) is 47.6 Å². The molecule has 0 aliphatic carbocycles. The maximum Gasteiger partial charge on any atom is 0.332 e. The number of hydrogen-bond acceptors (Lipinski definition) is 4. The summed E-state index contributed by atoms with van der Waals surface area (Å²) in [5, 5.41) is 2.46. The van der Waals surface area contributed by atoms with Gasteiger partial charge in [-0.15, -0.1) is 0 Å². The van der Waals surface area contributed by atoms with E-state index in [-0.39, 0.29) is 19.8 Å². The Labute approximate surface area is 81.6 Å². The lowest BCUT2D eigenvalue weighted by Gasteiger charge is -2.05. The number of alkyl halides is 2. The molecule has 0 heterocycles. The zero-order valence-electron chi connectivity index (χ0n) is 8.09. The van der Waals surface area contributed by atoms with Crippen LogP contribution in [-0.4, -0.2) is 45.3 Å². The molecule has 0 bridgehead atoms. The van der Waals surface area contributed by atoms with E-state index in [2.05, 4.69) is 10.1 Å². The van der Waals surface area contributed by atoms with Crippen molar-refractivity contribution < 1.29 is 23.0 Å². The van der Waals surface area contributed by atoms with Crippen molar-refractivity contribution in [1.29, 1.82) is 0 Å². The van der Waals surface area contributed by atoms with Crippen molar-refractivity contribution in [2.75, 3.05) is 32.9 Å². The van der Waals surface area contributed by atoms with E-state index in [1.54, 1.807) is 6.92 Å². The number of nitrogens with one attached hydrogen (secondary N) is 1. The molecular weight excluding hydrogens is 196 g/mol. The fourth-order valence-corrected chi connectivity index (χ4v) is 0.714. The summed E-state index contributed by atoms with van der Waals surface area (Å²) in [4.78, 5) is 10.7. The van der Waals surface area contributed by atoms with Gasteiger partial charge in [0.15, 0.2) is 0 Å². The van der Waals surface area contributed by atoms with Crippen molar-refractivity contribution >= 4 is 5.97 Å². The molecular formula is C8H15F2NO3. The molecule has 0 rings (SSSR count).